The third kappa shape index (κ3) is 7.13. The topological polar surface area (TPSA) is 117 Å². The van der Waals surface area contributed by atoms with Crippen LogP contribution in [0.25, 0.3) is 0 Å². The van der Waals surface area contributed by atoms with Crippen LogP contribution in [0.3, 0.4) is 0 Å². The SMILES string of the molecule is CCCOc1cc2c(cc1CCCc1ccc(OC)c(NC(=O)[C@@H](N)CC(C)C)c1)OCCS2(=O)=O. The number of hydrogen-bond acceptors (Lipinski definition) is 7. The Morgan fingerprint density at radius 2 is 1.94 bits per heavy atom. The van der Waals surface area contributed by atoms with E-state index in [1.54, 1.807) is 19.2 Å². The Morgan fingerprint density at radius 1 is 1.17 bits per heavy atom. The van der Waals surface area contributed by atoms with Crippen molar-refractivity contribution in [2.75, 3.05) is 31.4 Å². The highest BCUT2D eigenvalue weighted by molar-refractivity contribution is 7.91. The molecule has 0 spiro atoms. The van der Waals surface area contributed by atoms with Crippen LogP contribution < -0.4 is 25.3 Å². The molecule has 0 saturated carbocycles. The number of nitrogens with one attached hydrogen (secondary N) is 1. The van der Waals surface area contributed by atoms with E-state index in [1.165, 1.54) is 0 Å². The second-order valence-electron chi connectivity index (χ2n) is 9.54. The van der Waals surface area contributed by atoms with Crippen molar-refractivity contribution in [1.29, 1.82) is 0 Å². The van der Waals surface area contributed by atoms with E-state index >= 15 is 0 Å². The minimum atomic E-state index is -3.36. The van der Waals surface area contributed by atoms with Crippen LogP contribution in [-0.4, -0.2) is 46.4 Å². The summed E-state index contributed by atoms with van der Waals surface area (Å²) in [6, 6.07) is 8.54. The number of anilines is 1. The summed E-state index contributed by atoms with van der Waals surface area (Å²) >= 11 is 0. The molecule has 198 valence electrons. The molecule has 3 rings (SSSR count). The summed E-state index contributed by atoms with van der Waals surface area (Å²) in [5.41, 5.74) is 8.59. The number of methoxy groups -OCH3 is 1. The quantitative estimate of drug-likeness (QED) is 0.434. The zero-order chi connectivity index (χ0) is 26.3. The normalized spacial score (nSPS) is 15.1. The van der Waals surface area contributed by atoms with Gasteiger partial charge in [0, 0.05) is 6.07 Å². The van der Waals surface area contributed by atoms with Gasteiger partial charge in [-0.05, 0) is 67.3 Å². The first-order valence-electron chi connectivity index (χ1n) is 12.5. The molecule has 0 saturated heterocycles. The van der Waals surface area contributed by atoms with Crippen LogP contribution in [0, 0.1) is 5.92 Å². The predicted octanol–water partition coefficient (Wildman–Crippen LogP) is 4.14. The van der Waals surface area contributed by atoms with Crippen molar-refractivity contribution < 1.29 is 27.4 Å². The predicted molar refractivity (Wildman–Crippen MR) is 141 cm³/mol. The molecule has 1 atom stereocenters. The van der Waals surface area contributed by atoms with E-state index in [-0.39, 0.29) is 23.2 Å². The summed E-state index contributed by atoms with van der Waals surface area (Å²) in [6.45, 7) is 6.73. The van der Waals surface area contributed by atoms with E-state index in [0.29, 0.717) is 48.3 Å². The molecule has 1 aliphatic heterocycles. The molecular formula is C27H38N2O6S. The number of fused-ring (bicyclic) bond motifs is 1. The van der Waals surface area contributed by atoms with Crippen LogP contribution in [-0.2, 0) is 27.5 Å². The Kier molecular flexibility index (Phi) is 9.62. The Morgan fingerprint density at radius 3 is 2.64 bits per heavy atom. The Labute approximate surface area is 214 Å². The lowest BCUT2D eigenvalue weighted by Crippen LogP contribution is -2.36. The van der Waals surface area contributed by atoms with Gasteiger partial charge in [0.2, 0.25) is 5.91 Å². The van der Waals surface area contributed by atoms with E-state index in [1.807, 2.05) is 39.0 Å². The number of rotatable bonds is 12. The first-order chi connectivity index (χ1) is 17.1. The molecular weight excluding hydrogens is 480 g/mol. The van der Waals surface area contributed by atoms with Crippen LogP contribution in [0.5, 0.6) is 17.2 Å². The molecule has 0 aliphatic carbocycles. The van der Waals surface area contributed by atoms with Gasteiger partial charge in [-0.15, -0.1) is 0 Å². The molecule has 1 aliphatic rings. The zero-order valence-corrected chi connectivity index (χ0v) is 22.4. The Balaban J connectivity index is 1.73. The van der Waals surface area contributed by atoms with E-state index in [2.05, 4.69) is 5.32 Å². The van der Waals surface area contributed by atoms with Crippen molar-refractivity contribution in [3.63, 3.8) is 0 Å². The maximum Gasteiger partial charge on any atom is 0.241 e. The fraction of sp³-hybridized carbons (Fsp3) is 0.519. The summed E-state index contributed by atoms with van der Waals surface area (Å²) < 4.78 is 41.9. The lowest BCUT2D eigenvalue weighted by atomic mass is 10.0. The number of amides is 1. The summed E-state index contributed by atoms with van der Waals surface area (Å²) in [7, 11) is -1.80. The number of benzene rings is 2. The Hall–Kier alpha value is -2.78. The second-order valence-corrected chi connectivity index (χ2v) is 11.6. The van der Waals surface area contributed by atoms with Gasteiger partial charge in [-0.1, -0.05) is 26.8 Å². The summed E-state index contributed by atoms with van der Waals surface area (Å²) in [5.74, 6) is 1.62. The minimum absolute atomic E-state index is 0.0225. The molecule has 0 aromatic heterocycles. The van der Waals surface area contributed by atoms with Crippen molar-refractivity contribution in [2.24, 2.45) is 11.7 Å². The van der Waals surface area contributed by atoms with Gasteiger partial charge in [0.05, 0.1) is 31.2 Å². The van der Waals surface area contributed by atoms with E-state index in [0.717, 1.165) is 30.4 Å². The van der Waals surface area contributed by atoms with Crippen LogP contribution in [0.4, 0.5) is 5.69 Å². The average Bonchev–Trinajstić information content (AvgIpc) is 2.82. The largest absolute Gasteiger partial charge is 0.495 e. The van der Waals surface area contributed by atoms with Crippen molar-refractivity contribution in [3.8, 4) is 17.2 Å². The zero-order valence-electron chi connectivity index (χ0n) is 21.6. The molecule has 3 N–H and O–H groups in total. The van der Waals surface area contributed by atoms with Gasteiger partial charge in [0.15, 0.2) is 9.84 Å². The molecule has 36 heavy (non-hydrogen) atoms. The van der Waals surface area contributed by atoms with Crippen molar-refractivity contribution in [2.45, 2.75) is 63.8 Å². The first kappa shape index (κ1) is 27.8. The highest BCUT2D eigenvalue weighted by atomic mass is 32.2. The number of sulfone groups is 1. The van der Waals surface area contributed by atoms with Crippen LogP contribution in [0.15, 0.2) is 35.2 Å². The van der Waals surface area contributed by atoms with Crippen LogP contribution in [0.1, 0.15) is 51.2 Å². The summed E-state index contributed by atoms with van der Waals surface area (Å²) in [5, 5.41) is 2.91. The number of hydrogen-bond donors (Lipinski definition) is 2. The van der Waals surface area contributed by atoms with Crippen LogP contribution in [0.2, 0.25) is 0 Å². The van der Waals surface area contributed by atoms with E-state index < -0.39 is 15.9 Å². The summed E-state index contributed by atoms with van der Waals surface area (Å²) in [4.78, 5) is 12.8. The lowest BCUT2D eigenvalue weighted by molar-refractivity contribution is -0.117. The number of nitrogens with two attached hydrogens (primary N) is 1. The van der Waals surface area contributed by atoms with Gasteiger partial charge < -0.3 is 25.3 Å². The molecule has 2 aromatic rings. The highest BCUT2D eigenvalue weighted by Crippen LogP contribution is 2.36. The molecule has 1 amide bonds. The average molecular weight is 519 g/mol. The van der Waals surface area contributed by atoms with Gasteiger partial charge in [-0.3, -0.25) is 4.79 Å². The fourth-order valence-corrected chi connectivity index (χ4v) is 5.42. The first-order valence-corrected chi connectivity index (χ1v) is 14.2. The highest BCUT2D eigenvalue weighted by Gasteiger charge is 2.27. The number of ether oxygens (including phenoxy) is 3. The molecule has 9 heteroatoms. The molecule has 1 heterocycles. The van der Waals surface area contributed by atoms with Gasteiger partial charge in [-0.2, -0.15) is 0 Å². The number of carbonyl (C=O) groups is 1. The maximum absolute atomic E-state index is 12.6. The van der Waals surface area contributed by atoms with E-state index in [9.17, 15) is 13.2 Å². The third-order valence-electron chi connectivity index (χ3n) is 6.03. The van der Waals surface area contributed by atoms with Crippen molar-refractivity contribution in [3.05, 3.63) is 41.5 Å². The molecule has 0 radical (unpaired) electrons. The number of aryl methyl sites for hydroxylation is 2. The molecule has 0 bridgehead atoms. The lowest BCUT2D eigenvalue weighted by Gasteiger charge is -2.21. The van der Waals surface area contributed by atoms with Crippen LogP contribution >= 0.6 is 0 Å². The number of carbonyl (C=O) groups excluding carboxylic acids is 1. The van der Waals surface area contributed by atoms with Gasteiger partial charge in [0.1, 0.15) is 28.8 Å². The van der Waals surface area contributed by atoms with Gasteiger partial charge >= 0.3 is 0 Å². The summed E-state index contributed by atoms with van der Waals surface area (Å²) in [6.07, 6.45) is 3.64. The second kappa shape index (κ2) is 12.5. The standard InChI is InChI=1S/C27H38N2O6S/c1-5-11-34-24-17-26-25(35-12-13-36(26,31)32)16-20(24)8-6-7-19-9-10-23(33-4)22(15-19)29-27(30)21(28)14-18(2)3/h9-10,15-18,21H,5-8,11-14,28H2,1-4H3,(H,29,30)/t21-/m0/s1. The fourth-order valence-electron chi connectivity index (χ4n) is 4.18. The molecule has 2 aromatic carbocycles. The molecule has 0 fully saturated rings. The maximum atomic E-state index is 12.6. The Bertz CT molecular complexity index is 1160. The third-order valence-corrected chi connectivity index (χ3v) is 7.72. The van der Waals surface area contributed by atoms with E-state index in [4.69, 9.17) is 19.9 Å². The van der Waals surface area contributed by atoms with Crippen molar-refractivity contribution >= 4 is 21.4 Å². The van der Waals surface area contributed by atoms with Gasteiger partial charge in [0.25, 0.3) is 0 Å². The smallest absolute Gasteiger partial charge is 0.241 e. The monoisotopic (exact) mass is 518 g/mol. The minimum Gasteiger partial charge on any atom is -0.495 e. The van der Waals surface area contributed by atoms with Crippen molar-refractivity contribution in [1.82, 2.24) is 0 Å². The van der Waals surface area contributed by atoms with Gasteiger partial charge in [-0.25, -0.2) is 8.42 Å². The molecule has 0 unspecified atom stereocenters. The molecule has 8 nitrogen and oxygen atoms in total.